The van der Waals surface area contributed by atoms with Gasteiger partial charge in [-0.3, -0.25) is 0 Å². The maximum absolute atomic E-state index is 13.1. The molecule has 0 spiro atoms. The van der Waals surface area contributed by atoms with Crippen molar-refractivity contribution >= 4 is 5.69 Å². The fourth-order valence-corrected chi connectivity index (χ4v) is 2.38. The highest BCUT2D eigenvalue weighted by Gasteiger charge is 2.29. The van der Waals surface area contributed by atoms with Crippen LogP contribution in [0, 0.1) is 12.7 Å². The molecule has 2 aromatic rings. The molecule has 0 aliphatic rings. The highest BCUT2D eigenvalue weighted by Crippen LogP contribution is 2.30. The van der Waals surface area contributed by atoms with Gasteiger partial charge >= 0.3 is 0 Å². The third-order valence-electron chi connectivity index (χ3n) is 3.67. The first-order valence-electron chi connectivity index (χ1n) is 6.81. The van der Waals surface area contributed by atoms with E-state index in [1.165, 1.54) is 12.1 Å². The third kappa shape index (κ3) is 2.99. The smallest absolute Gasteiger partial charge is 0.123 e. The van der Waals surface area contributed by atoms with Crippen LogP contribution in [-0.2, 0) is 5.54 Å². The summed E-state index contributed by atoms with van der Waals surface area (Å²) in [4.78, 5) is 0. The lowest BCUT2D eigenvalue weighted by molar-refractivity contribution is 0.207. The summed E-state index contributed by atoms with van der Waals surface area (Å²) in [5, 5.41) is 13.3. The van der Waals surface area contributed by atoms with Crippen molar-refractivity contribution in [1.29, 1.82) is 0 Å². The molecule has 2 aromatic carbocycles. The van der Waals surface area contributed by atoms with E-state index in [2.05, 4.69) is 5.32 Å². The normalized spacial score (nSPS) is 13.8. The van der Waals surface area contributed by atoms with Crippen LogP contribution in [0.25, 0.3) is 0 Å². The van der Waals surface area contributed by atoms with Crippen LogP contribution in [0.4, 0.5) is 10.1 Å². The van der Waals surface area contributed by atoms with E-state index in [0.29, 0.717) is 6.42 Å². The summed E-state index contributed by atoms with van der Waals surface area (Å²) < 4.78 is 13.1. The number of halogens is 1. The second-order valence-electron chi connectivity index (χ2n) is 5.10. The van der Waals surface area contributed by atoms with Crippen LogP contribution in [0.2, 0.25) is 0 Å². The Hall–Kier alpha value is -1.87. The van der Waals surface area contributed by atoms with E-state index in [1.807, 2.05) is 38.1 Å². The van der Waals surface area contributed by atoms with Crippen LogP contribution in [0.1, 0.15) is 24.5 Å². The van der Waals surface area contributed by atoms with Crippen molar-refractivity contribution in [2.75, 3.05) is 11.9 Å². The van der Waals surface area contributed by atoms with Crippen LogP contribution < -0.4 is 5.32 Å². The molecule has 2 rings (SSSR count). The van der Waals surface area contributed by atoms with Crippen LogP contribution in [-0.4, -0.2) is 11.7 Å². The molecular formula is C17H20FNO. The minimum absolute atomic E-state index is 0.0525. The molecule has 0 fully saturated rings. The number of aliphatic hydroxyl groups is 1. The van der Waals surface area contributed by atoms with Crippen LogP contribution >= 0.6 is 0 Å². The first kappa shape index (κ1) is 14.5. The maximum Gasteiger partial charge on any atom is 0.123 e. The zero-order chi connectivity index (χ0) is 14.6. The van der Waals surface area contributed by atoms with Crippen LogP contribution in [0.5, 0.6) is 0 Å². The van der Waals surface area contributed by atoms with Gasteiger partial charge in [-0.05, 0) is 48.7 Å². The second kappa shape index (κ2) is 6.06. The van der Waals surface area contributed by atoms with Crippen molar-refractivity contribution in [3.63, 3.8) is 0 Å². The van der Waals surface area contributed by atoms with Gasteiger partial charge in [0.1, 0.15) is 5.82 Å². The average Bonchev–Trinajstić information content (AvgIpc) is 2.46. The van der Waals surface area contributed by atoms with Crippen molar-refractivity contribution in [3.8, 4) is 0 Å². The van der Waals surface area contributed by atoms with E-state index in [9.17, 15) is 9.50 Å². The summed E-state index contributed by atoms with van der Waals surface area (Å²) in [5.41, 5.74) is 2.38. The Balaban J connectivity index is 2.36. The van der Waals surface area contributed by atoms with Crippen molar-refractivity contribution in [2.45, 2.75) is 25.8 Å². The zero-order valence-electron chi connectivity index (χ0n) is 11.9. The molecule has 3 heteroatoms. The number of aryl methyl sites for hydroxylation is 1. The quantitative estimate of drug-likeness (QED) is 0.867. The molecule has 106 valence electrons. The van der Waals surface area contributed by atoms with Crippen molar-refractivity contribution < 1.29 is 9.50 Å². The SMILES string of the molecule is CCC(CO)(Nc1cccc(C)c1)c1ccc(F)cc1. The Morgan fingerprint density at radius 3 is 2.40 bits per heavy atom. The monoisotopic (exact) mass is 273 g/mol. The zero-order valence-corrected chi connectivity index (χ0v) is 11.9. The number of hydrogen-bond acceptors (Lipinski definition) is 2. The molecule has 0 bridgehead atoms. The molecule has 1 unspecified atom stereocenters. The topological polar surface area (TPSA) is 32.3 Å². The summed E-state index contributed by atoms with van der Waals surface area (Å²) >= 11 is 0. The number of aliphatic hydroxyl groups excluding tert-OH is 1. The number of benzene rings is 2. The molecule has 0 aromatic heterocycles. The lowest BCUT2D eigenvalue weighted by Gasteiger charge is -2.34. The Morgan fingerprint density at radius 1 is 1.15 bits per heavy atom. The molecule has 0 saturated carbocycles. The number of nitrogens with one attached hydrogen (secondary N) is 1. The Labute approximate surface area is 119 Å². The molecule has 1 atom stereocenters. The lowest BCUT2D eigenvalue weighted by Crippen LogP contribution is -2.38. The summed E-state index contributed by atoms with van der Waals surface area (Å²) in [6, 6.07) is 14.3. The van der Waals surface area contributed by atoms with E-state index in [4.69, 9.17) is 0 Å². The molecule has 0 saturated heterocycles. The number of rotatable bonds is 5. The van der Waals surface area contributed by atoms with Gasteiger partial charge in [0.25, 0.3) is 0 Å². The predicted octanol–water partition coefficient (Wildman–Crippen LogP) is 3.84. The van der Waals surface area contributed by atoms with Gasteiger partial charge in [0.15, 0.2) is 0 Å². The predicted molar refractivity (Wildman–Crippen MR) is 80.3 cm³/mol. The van der Waals surface area contributed by atoms with E-state index < -0.39 is 5.54 Å². The molecule has 2 nitrogen and oxygen atoms in total. The van der Waals surface area contributed by atoms with Gasteiger partial charge in [0.2, 0.25) is 0 Å². The standard InChI is InChI=1S/C17H20FNO/c1-3-17(12-20,14-7-9-15(18)10-8-14)19-16-6-4-5-13(2)11-16/h4-11,19-20H,3,12H2,1-2H3. The van der Waals surface area contributed by atoms with Gasteiger partial charge in [-0.2, -0.15) is 0 Å². The first-order valence-corrected chi connectivity index (χ1v) is 6.81. The molecule has 2 N–H and O–H groups in total. The van der Waals surface area contributed by atoms with Crippen molar-refractivity contribution in [2.24, 2.45) is 0 Å². The first-order chi connectivity index (χ1) is 9.59. The van der Waals surface area contributed by atoms with E-state index >= 15 is 0 Å². The molecule has 0 aliphatic carbocycles. The Bertz CT molecular complexity index is 561. The summed E-state index contributed by atoms with van der Waals surface area (Å²) in [6.45, 7) is 3.97. The highest BCUT2D eigenvalue weighted by molar-refractivity contribution is 5.50. The van der Waals surface area contributed by atoms with Crippen LogP contribution in [0.3, 0.4) is 0 Å². The second-order valence-corrected chi connectivity index (χ2v) is 5.10. The largest absolute Gasteiger partial charge is 0.394 e. The van der Waals surface area contributed by atoms with Gasteiger partial charge in [0, 0.05) is 5.69 Å². The Kier molecular flexibility index (Phi) is 4.40. The summed E-state index contributed by atoms with van der Waals surface area (Å²) in [6.07, 6.45) is 0.697. The number of anilines is 1. The molecule has 0 heterocycles. The fraction of sp³-hybridized carbons (Fsp3) is 0.294. The van der Waals surface area contributed by atoms with E-state index in [1.54, 1.807) is 12.1 Å². The molecule has 0 radical (unpaired) electrons. The van der Waals surface area contributed by atoms with E-state index in [0.717, 1.165) is 16.8 Å². The average molecular weight is 273 g/mol. The summed E-state index contributed by atoms with van der Waals surface area (Å²) in [7, 11) is 0. The minimum atomic E-state index is -0.596. The van der Waals surface area contributed by atoms with Crippen LogP contribution in [0.15, 0.2) is 48.5 Å². The Morgan fingerprint density at radius 2 is 1.85 bits per heavy atom. The van der Waals surface area contributed by atoms with Gasteiger partial charge in [-0.25, -0.2) is 4.39 Å². The van der Waals surface area contributed by atoms with Gasteiger partial charge in [0.05, 0.1) is 12.1 Å². The number of hydrogen-bond donors (Lipinski definition) is 2. The molecule has 0 aliphatic heterocycles. The summed E-state index contributed by atoms with van der Waals surface area (Å²) in [5.74, 6) is -0.271. The minimum Gasteiger partial charge on any atom is -0.394 e. The van der Waals surface area contributed by atoms with Crippen molar-refractivity contribution in [3.05, 3.63) is 65.5 Å². The van der Waals surface area contributed by atoms with Crippen molar-refractivity contribution in [1.82, 2.24) is 0 Å². The molecule has 0 amide bonds. The van der Waals surface area contributed by atoms with Gasteiger partial charge in [-0.15, -0.1) is 0 Å². The highest BCUT2D eigenvalue weighted by atomic mass is 19.1. The van der Waals surface area contributed by atoms with E-state index in [-0.39, 0.29) is 12.4 Å². The lowest BCUT2D eigenvalue weighted by atomic mass is 9.87. The molecular weight excluding hydrogens is 253 g/mol. The maximum atomic E-state index is 13.1. The van der Waals surface area contributed by atoms with Gasteiger partial charge < -0.3 is 10.4 Å². The third-order valence-corrected chi connectivity index (χ3v) is 3.67. The van der Waals surface area contributed by atoms with Gasteiger partial charge in [-0.1, -0.05) is 31.2 Å². The molecule has 20 heavy (non-hydrogen) atoms. The fourth-order valence-electron chi connectivity index (χ4n) is 2.38.